The number of pyridine rings is 1. The molecule has 2 amide bonds. The van der Waals surface area contributed by atoms with E-state index in [-0.39, 0.29) is 18.4 Å². The molecule has 0 radical (unpaired) electrons. The maximum Gasteiger partial charge on any atom is 0.252 e. The molecule has 3 aliphatic heterocycles. The van der Waals surface area contributed by atoms with Crippen molar-refractivity contribution < 1.29 is 19.1 Å². The molecule has 0 aromatic carbocycles. The number of carbonyl (C=O) groups is 2. The third-order valence-electron chi connectivity index (χ3n) is 6.23. The third-order valence-corrected chi connectivity index (χ3v) is 6.23. The molecule has 8 nitrogen and oxygen atoms in total. The lowest BCUT2D eigenvalue weighted by atomic mass is 9.82. The van der Waals surface area contributed by atoms with Gasteiger partial charge in [-0.3, -0.25) is 29.3 Å². The van der Waals surface area contributed by atoms with Crippen LogP contribution >= 0.6 is 0 Å². The first-order valence-electron chi connectivity index (χ1n) is 9.93. The number of carbonyl (C=O) groups excluding carboxylic acids is 2. The number of hydrogen-bond donors (Lipinski definition) is 1. The van der Waals surface area contributed by atoms with Gasteiger partial charge in [0.15, 0.2) is 0 Å². The Bertz CT molecular complexity index is 937. The van der Waals surface area contributed by atoms with Crippen molar-refractivity contribution in [1.82, 2.24) is 19.7 Å². The highest BCUT2D eigenvalue weighted by Gasteiger charge is 2.64. The molecule has 3 aliphatic rings. The molecule has 2 aromatic rings. The lowest BCUT2D eigenvalue weighted by Gasteiger charge is -2.58. The van der Waals surface area contributed by atoms with Crippen molar-refractivity contribution in [3.8, 4) is 0 Å². The highest BCUT2D eigenvalue weighted by atomic mass is 16.3. The molecule has 0 aliphatic carbocycles. The fraction of sp³-hybridized carbons (Fsp3) is 0.476. The van der Waals surface area contributed by atoms with Crippen LogP contribution in [0.2, 0.25) is 0 Å². The van der Waals surface area contributed by atoms with Gasteiger partial charge < -0.3 is 9.52 Å². The van der Waals surface area contributed by atoms with Crippen molar-refractivity contribution in [3.05, 3.63) is 53.7 Å². The molecule has 3 saturated heterocycles. The monoisotopic (exact) mass is 396 g/mol. The first kappa shape index (κ1) is 18.5. The van der Waals surface area contributed by atoms with E-state index < -0.39 is 17.7 Å². The molecule has 3 fully saturated rings. The van der Waals surface area contributed by atoms with Gasteiger partial charge in [0.1, 0.15) is 17.1 Å². The zero-order chi connectivity index (χ0) is 20.2. The Morgan fingerprint density at radius 2 is 2.07 bits per heavy atom. The second-order valence-corrected chi connectivity index (χ2v) is 8.34. The van der Waals surface area contributed by atoms with Crippen LogP contribution < -0.4 is 0 Å². The number of fused-ring (bicyclic) bond motifs is 2. The molecule has 2 atom stereocenters. The van der Waals surface area contributed by atoms with Gasteiger partial charge in [0.25, 0.3) is 5.91 Å². The second kappa shape index (κ2) is 6.76. The summed E-state index contributed by atoms with van der Waals surface area (Å²) in [6.07, 6.45) is 3.34. The van der Waals surface area contributed by atoms with E-state index in [1.165, 1.54) is 4.90 Å². The molecule has 0 unspecified atom stereocenters. The van der Waals surface area contributed by atoms with Crippen LogP contribution in [0.1, 0.15) is 23.5 Å². The zero-order valence-corrected chi connectivity index (χ0v) is 16.3. The first-order valence-corrected chi connectivity index (χ1v) is 9.93. The van der Waals surface area contributed by atoms with E-state index in [1.807, 2.05) is 36.2 Å². The maximum absolute atomic E-state index is 13.5. The molecule has 0 saturated carbocycles. The average molecular weight is 396 g/mol. The smallest absolute Gasteiger partial charge is 0.252 e. The normalized spacial score (nSPS) is 26.8. The van der Waals surface area contributed by atoms with Gasteiger partial charge in [-0.2, -0.15) is 0 Å². The minimum absolute atomic E-state index is 0.135. The number of nitrogens with zero attached hydrogens (tertiary/aromatic N) is 4. The number of amides is 2. The topological polar surface area (TPSA) is 90.1 Å². The lowest BCUT2D eigenvalue weighted by molar-refractivity contribution is -0.181. The van der Waals surface area contributed by atoms with Crippen LogP contribution in [-0.2, 0) is 22.7 Å². The van der Waals surface area contributed by atoms with Crippen LogP contribution in [0.5, 0.6) is 0 Å². The number of hydrogen-bond acceptors (Lipinski definition) is 7. The second-order valence-electron chi connectivity index (χ2n) is 8.34. The summed E-state index contributed by atoms with van der Waals surface area (Å²) >= 11 is 0. The van der Waals surface area contributed by atoms with Gasteiger partial charge in [-0.15, -0.1) is 0 Å². The average Bonchev–Trinajstić information content (AvgIpc) is 3.27. The van der Waals surface area contributed by atoms with Gasteiger partial charge in [0.05, 0.1) is 18.7 Å². The Hall–Kier alpha value is -2.55. The Labute approximate surface area is 168 Å². The van der Waals surface area contributed by atoms with Crippen molar-refractivity contribution in [3.63, 3.8) is 0 Å². The molecule has 5 rings (SSSR count). The van der Waals surface area contributed by atoms with Crippen molar-refractivity contribution >= 4 is 11.8 Å². The number of aromatic nitrogens is 1. The zero-order valence-electron chi connectivity index (χ0n) is 16.3. The quantitative estimate of drug-likeness (QED) is 0.755. The van der Waals surface area contributed by atoms with Crippen LogP contribution in [0, 0.1) is 6.92 Å². The highest BCUT2D eigenvalue weighted by molar-refractivity contribution is 6.06. The Kier molecular flexibility index (Phi) is 4.31. The SMILES string of the molecule is Cc1ccc(CN2C(=O)[C@@H]3C[C@@H](O)CN3C3(CN(Cc4cccnc4)C3)C2=O)o1. The van der Waals surface area contributed by atoms with Crippen molar-refractivity contribution in [2.75, 3.05) is 19.6 Å². The number of aliphatic hydroxyl groups is 1. The van der Waals surface area contributed by atoms with Crippen LogP contribution in [0.25, 0.3) is 0 Å². The molecular weight excluding hydrogens is 372 g/mol. The number of imide groups is 1. The van der Waals surface area contributed by atoms with Gasteiger partial charge in [0, 0.05) is 38.6 Å². The van der Waals surface area contributed by atoms with Gasteiger partial charge in [0.2, 0.25) is 5.91 Å². The Balaban J connectivity index is 1.39. The molecule has 8 heteroatoms. The van der Waals surface area contributed by atoms with Crippen LogP contribution in [0.3, 0.4) is 0 Å². The van der Waals surface area contributed by atoms with E-state index in [0.29, 0.717) is 38.4 Å². The number of aliphatic hydroxyl groups excluding tert-OH is 1. The molecule has 1 N–H and O–H groups in total. The summed E-state index contributed by atoms with van der Waals surface area (Å²) in [5.74, 6) is 0.912. The van der Waals surface area contributed by atoms with E-state index in [4.69, 9.17) is 4.42 Å². The highest BCUT2D eigenvalue weighted by Crippen LogP contribution is 2.41. The predicted molar refractivity (Wildman–Crippen MR) is 102 cm³/mol. The summed E-state index contributed by atoms with van der Waals surface area (Å²) in [4.78, 5) is 36.2. The number of furan rings is 1. The summed E-state index contributed by atoms with van der Waals surface area (Å²) in [5, 5.41) is 10.2. The fourth-order valence-corrected chi connectivity index (χ4v) is 4.92. The summed E-state index contributed by atoms with van der Waals surface area (Å²) in [6.45, 7) is 4.10. The van der Waals surface area contributed by atoms with Gasteiger partial charge in [-0.25, -0.2) is 0 Å². The van der Waals surface area contributed by atoms with Gasteiger partial charge in [-0.1, -0.05) is 6.07 Å². The van der Waals surface area contributed by atoms with E-state index >= 15 is 0 Å². The van der Waals surface area contributed by atoms with Crippen LogP contribution in [0.15, 0.2) is 41.1 Å². The van der Waals surface area contributed by atoms with E-state index in [2.05, 4.69) is 9.88 Å². The number of rotatable bonds is 4. The molecular formula is C21H24N4O4. The number of piperazine rings is 1. The predicted octanol–water partition coefficient (Wildman–Crippen LogP) is 0.542. The molecule has 0 bridgehead atoms. The van der Waals surface area contributed by atoms with Crippen LogP contribution in [-0.4, -0.2) is 73.9 Å². The minimum Gasteiger partial charge on any atom is -0.464 e. The van der Waals surface area contributed by atoms with Gasteiger partial charge in [-0.05, 0) is 37.1 Å². The van der Waals surface area contributed by atoms with E-state index in [0.717, 1.165) is 11.3 Å². The summed E-state index contributed by atoms with van der Waals surface area (Å²) in [7, 11) is 0. The molecule has 2 aromatic heterocycles. The Morgan fingerprint density at radius 3 is 2.76 bits per heavy atom. The third kappa shape index (κ3) is 2.99. The maximum atomic E-state index is 13.5. The number of β-amino-alcohol motifs (C(OH)–C–C–N with tert-alkyl or cyclic N) is 1. The summed E-state index contributed by atoms with van der Waals surface area (Å²) in [6, 6.07) is 7.08. The Morgan fingerprint density at radius 1 is 1.24 bits per heavy atom. The molecule has 5 heterocycles. The van der Waals surface area contributed by atoms with Crippen molar-refractivity contribution in [2.45, 2.75) is 44.1 Å². The van der Waals surface area contributed by atoms with Gasteiger partial charge >= 0.3 is 0 Å². The largest absolute Gasteiger partial charge is 0.464 e. The number of aryl methyl sites for hydroxylation is 1. The number of likely N-dealkylation sites (tertiary alicyclic amines) is 1. The van der Waals surface area contributed by atoms with E-state index in [1.54, 1.807) is 12.3 Å². The lowest BCUT2D eigenvalue weighted by Crippen LogP contribution is -2.81. The molecule has 152 valence electrons. The standard InChI is InChI=1S/C21H24N4O4/c1-14-4-5-17(29-14)11-24-19(27)18-7-16(26)10-25(18)21(20(24)28)12-23(13-21)9-15-3-2-6-22-8-15/h2-6,8,16,18,26H,7,9-13H2,1H3/t16-,18+/m1/s1. The minimum atomic E-state index is -0.764. The summed E-state index contributed by atoms with van der Waals surface area (Å²) < 4.78 is 5.61. The van der Waals surface area contributed by atoms with Crippen LogP contribution in [0.4, 0.5) is 0 Å². The molecule has 29 heavy (non-hydrogen) atoms. The van der Waals surface area contributed by atoms with Crippen molar-refractivity contribution in [2.24, 2.45) is 0 Å². The molecule has 1 spiro atoms. The first-order chi connectivity index (χ1) is 14.0. The fourth-order valence-electron chi connectivity index (χ4n) is 4.92. The van der Waals surface area contributed by atoms with E-state index in [9.17, 15) is 14.7 Å². The van der Waals surface area contributed by atoms with Crippen molar-refractivity contribution in [1.29, 1.82) is 0 Å². The summed E-state index contributed by atoms with van der Waals surface area (Å²) in [5.41, 5.74) is 0.322.